The number of unbranched alkanes of at least 4 members (excludes halogenated alkanes) is 16. The molecule has 0 aromatic rings. The van der Waals surface area contributed by atoms with Crippen molar-refractivity contribution in [1.82, 2.24) is 16.0 Å². The fourth-order valence-electron chi connectivity index (χ4n) is 4.24. The molecule has 0 aliphatic rings. The van der Waals surface area contributed by atoms with Gasteiger partial charge in [-0.25, -0.2) is 0 Å². The number of rotatable bonds is 26. The van der Waals surface area contributed by atoms with Crippen molar-refractivity contribution in [3.05, 3.63) is 0 Å². The number of amides is 2. The first-order valence-corrected chi connectivity index (χ1v) is 15.9. The molecule has 218 valence electrons. The summed E-state index contributed by atoms with van der Waals surface area (Å²) in [7, 11) is 0. The van der Waals surface area contributed by atoms with Gasteiger partial charge in [-0.15, -0.1) is 0 Å². The van der Waals surface area contributed by atoms with Gasteiger partial charge in [-0.1, -0.05) is 109 Å². The molecule has 0 aliphatic carbocycles. The molecule has 0 saturated carbocycles. The van der Waals surface area contributed by atoms with Gasteiger partial charge < -0.3 is 16.0 Å². The van der Waals surface area contributed by atoms with Crippen molar-refractivity contribution >= 4 is 11.8 Å². The summed E-state index contributed by atoms with van der Waals surface area (Å²) in [5, 5.41) is 8.96. The third kappa shape index (κ3) is 30.2. The summed E-state index contributed by atoms with van der Waals surface area (Å²) in [6.45, 7) is 7.24. The van der Waals surface area contributed by atoms with Crippen LogP contribution in [0.2, 0.25) is 0 Å². The smallest absolute Gasteiger partial charge is 0.220 e. The molecule has 0 radical (unpaired) electrons. The lowest BCUT2D eigenvalue weighted by Gasteiger charge is -2.07. The first-order valence-electron chi connectivity index (χ1n) is 15.9. The van der Waals surface area contributed by atoms with Gasteiger partial charge in [0, 0.05) is 45.3 Å². The zero-order valence-electron chi connectivity index (χ0n) is 25.0. The molecule has 0 bridgehead atoms. The van der Waals surface area contributed by atoms with Crippen LogP contribution in [0, 0.1) is 23.7 Å². The maximum Gasteiger partial charge on any atom is 0.220 e. The molecule has 2 amide bonds. The Bertz CT molecular complexity index is 669. The lowest BCUT2D eigenvalue weighted by atomic mass is 10.1. The molecule has 0 rings (SSSR count). The van der Waals surface area contributed by atoms with Crippen molar-refractivity contribution in [1.29, 1.82) is 0 Å². The van der Waals surface area contributed by atoms with Crippen LogP contribution < -0.4 is 16.0 Å². The second kappa shape index (κ2) is 31.2. The lowest BCUT2D eigenvalue weighted by molar-refractivity contribution is -0.123. The molecular weight excluding hydrogens is 470 g/mol. The molecule has 0 fully saturated rings. The number of hydrogen-bond donors (Lipinski definition) is 3. The minimum absolute atomic E-state index is 0.0515. The SMILES string of the molecule is CCCCCCCCCCCCC#CC#CCCCCCCCCC(=O)NCCCC(=O)NCCNCC. The topological polar surface area (TPSA) is 70.2 Å². The van der Waals surface area contributed by atoms with Crippen LogP contribution in [0.15, 0.2) is 0 Å². The predicted octanol–water partition coefficient (Wildman–Crippen LogP) is 7.05. The van der Waals surface area contributed by atoms with Gasteiger partial charge in [-0.2, -0.15) is 0 Å². The van der Waals surface area contributed by atoms with Gasteiger partial charge >= 0.3 is 0 Å². The van der Waals surface area contributed by atoms with Crippen LogP contribution in [0.1, 0.15) is 149 Å². The van der Waals surface area contributed by atoms with E-state index in [9.17, 15) is 9.59 Å². The summed E-state index contributed by atoms with van der Waals surface area (Å²) < 4.78 is 0. The van der Waals surface area contributed by atoms with Crippen LogP contribution in [0.4, 0.5) is 0 Å². The first-order chi connectivity index (χ1) is 18.7. The monoisotopic (exact) mass is 529 g/mol. The van der Waals surface area contributed by atoms with Crippen LogP contribution in [0.3, 0.4) is 0 Å². The number of likely N-dealkylation sites (N-methyl/N-ethyl adjacent to an activating group) is 1. The molecule has 0 aromatic heterocycles. The minimum Gasteiger partial charge on any atom is -0.356 e. The van der Waals surface area contributed by atoms with E-state index >= 15 is 0 Å². The van der Waals surface area contributed by atoms with E-state index in [0.717, 1.165) is 45.2 Å². The van der Waals surface area contributed by atoms with Gasteiger partial charge in [-0.3, -0.25) is 9.59 Å². The van der Waals surface area contributed by atoms with Gasteiger partial charge in [0.1, 0.15) is 0 Å². The normalized spacial score (nSPS) is 10.3. The molecule has 38 heavy (non-hydrogen) atoms. The molecule has 0 unspecified atom stereocenters. The highest BCUT2D eigenvalue weighted by atomic mass is 16.2. The Balaban J connectivity index is 3.37. The standard InChI is InChI=1S/C33H59N3O2/c1-3-5-6-7-8-9-10-11-12-13-14-15-16-17-18-19-20-21-22-23-24-25-27-32(37)35-29-26-28-33(38)36-31-30-34-4-2/h34H,3-14,19-31H2,1-2H3,(H,35,37)(H,36,38). The summed E-state index contributed by atoms with van der Waals surface area (Å²) in [5.74, 6) is 12.6. The second-order valence-corrected chi connectivity index (χ2v) is 10.3. The highest BCUT2D eigenvalue weighted by molar-refractivity contribution is 5.77. The van der Waals surface area contributed by atoms with Crippen molar-refractivity contribution in [2.75, 3.05) is 26.2 Å². The van der Waals surface area contributed by atoms with Crippen molar-refractivity contribution in [3.63, 3.8) is 0 Å². The summed E-state index contributed by atoms with van der Waals surface area (Å²) in [4.78, 5) is 23.6. The second-order valence-electron chi connectivity index (χ2n) is 10.3. The molecule has 0 heterocycles. The van der Waals surface area contributed by atoms with Crippen molar-refractivity contribution in [2.24, 2.45) is 0 Å². The summed E-state index contributed by atoms with van der Waals surface area (Å²) >= 11 is 0. The fourth-order valence-corrected chi connectivity index (χ4v) is 4.24. The molecule has 0 atom stereocenters. The van der Waals surface area contributed by atoms with Gasteiger partial charge in [0.05, 0.1) is 0 Å². The molecule has 0 aromatic carbocycles. The Labute approximate surface area is 235 Å². The van der Waals surface area contributed by atoms with Crippen molar-refractivity contribution in [2.45, 2.75) is 149 Å². The maximum atomic E-state index is 11.9. The molecule has 3 N–H and O–H groups in total. The molecule has 5 nitrogen and oxygen atoms in total. The van der Waals surface area contributed by atoms with Crippen molar-refractivity contribution in [3.8, 4) is 23.7 Å². The zero-order chi connectivity index (χ0) is 27.8. The Hall–Kier alpha value is -1.98. The van der Waals surface area contributed by atoms with Crippen LogP contribution in [0.25, 0.3) is 0 Å². The minimum atomic E-state index is 0.0515. The fraction of sp³-hybridized carbons (Fsp3) is 0.818. The summed E-state index contributed by atoms with van der Waals surface area (Å²) in [5.41, 5.74) is 0. The third-order valence-electron chi connectivity index (χ3n) is 6.63. The number of hydrogen-bond acceptors (Lipinski definition) is 3. The Morgan fingerprint density at radius 3 is 1.47 bits per heavy atom. The molecule has 0 spiro atoms. The Morgan fingerprint density at radius 2 is 0.947 bits per heavy atom. The predicted molar refractivity (Wildman–Crippen MR) is 163 cm³/mol. The maximum absolute atomic E-state index is 11.9. The van der Waals surface area contributed by atoms with Crippen LogP contribution in [0.5, 0.6) is 0 Å². The summed E-state index contributed by atoms with van der Waals surface area (Å²) in [6.07, 6.45) is 24.0. The largest absolute Gasteiger partial charge is 0.356 e. The average molecular weight is 530 g/mol. The third-order valence-corrected chi connectivity index (χ3v) is 6.63. The number of nitrogens with one attached hydrogen (secondary N) is 3. The zero-order valence-corrected chi connectivity index (χ0v) is 25.0. The van der Waals surface area contributed by atoms with Gasteiger partial charge in [0.15, 0.2) is 0 Å². The van der Waals surface area contributed by atoms with Gasteiger partial charge in [-0.05, 0) is 44.1 Å². The molecule has 0 aliphatic heterocycles. The van der Waals surface area contributed by atoms with Gasteiger partial charge in [0.25, 0.3) is 0 Å². The molecule has 5 heteroatoms. The molecule has 0 saturated heterocycles. The van der Waals surface area contributed by atoms with Crippen LogP contribution in [-0.2, 0) is 9.59 Å². The van der Waals surface area contributed by atoms with E-state index in [2.05, 4.69) is 46.6 Å². The quantitative estimate of drug-likeness (QED) is 0.0831. The first kappa shape index (κ1) is 36.0. The highest BCUT2D eigenvalue weighted by Crippen LogP contribution is 2.11. The highest BCUT2D eigenvalue weighted by Gasteiger charge is 2.03. The van der Waals surface area contributed by atoms with E-state index < -0.39 is 0 Å². The Morgan fingerprint density at radius 1 is 0.500 bits per heavy atom. The van der Waals surface area contributed by atoms with E-state index in [0.29, 0.717) is 32.4 Å². The van der Waals surface area contributed by atoms with E-state index in [1.165, 1.54) is 83.5 Å². The van der Waals surface area contributed by atoms with Crippen molar-refractivity contribution < 1.29 is 9.59 Å². The number of carbonyl (C=O) groups is 2. The van der Waals surface area contributed by atoms with E-state index in [1.807, 2.05) is 6.92 Å². The summed E-state index contributed by atoms with van der Waals surface area (Å²) in [6, 6.07) is 0. The average Bonchev–Trinajstić information content (AvgIpc) is 2.92. The van der Waals surface area contributed by atoms with E-state index in [4.69, 9.17) is 0 Å². The molecular formula is C33H59N3O2. The number of carbonyl (C=O) groups excluding carboxylic acids is 2. The van der Waals surface area contributed by atoms with Gasteiger partial charge in [0.2, 0.25) is 11.8 Å². The van der Waals surface area contributed by atoms with Crippen LogP contribution in [-0.4, -0.2) is 38.0 Å². The van der Waals surface area contributed by atoms with E-state index in [-0.39, 0.29) is 11.8 Å². The Kier molecular flexibility index (Phi) is 29.6. The van der Waals surface area contributed by atoms with Crippen LogP contribution >= 0.6 is 0 Å². The van der Waals surface area contributed by atoms with E-state index in [1.54, 1.807) is 0 Å². The lowest BCUT2D eigenvalue weighted by Crippen LogP contribution is -2.32.